The van der Waals surface area contributed by atoms with E-state index in [-0.39, 0.29) is 11.4 Å². The van der Waals surface area contributed by atoms with Crippen LogP contribution in [0, 0.1) is 5.41 Å². The van der Waals surface area contributed by atoms with Gasteiger partial charge in [-0.25, -0.2) is 0 Å². The molecule has 1 spiro atoms. The summed E-state index contributed by atoms with van der Waals surface area (Å²) in [5, 5.41) is 0. The molecule has 0 bridgehead atoms. The zero-order valence-electron chi connectivity index (χ0n) is 10.4. The first-order valence-electron chi connectivity index (χ1n) is 7.09. The van der Waals surface area contributed by atoms with E-state index in [0.717, 1.165) is 31.4 Å². The highest BCUT2D eigenvalue weighted by atomic mass is 19.1. The molecule has 0 aromatic rings. The van der Waals surface area contributed by atoms with Gasteiger partial charge >= 0.3 is 0 Å². The van der Waals surface area contributed by atoms with Crippen molar-refractivity contribution in [1.82, 2.24) is 0 Å². The second kappa shape index (κ2) is 4.47. The second-order valence-electron chi connectivity index (χ2n) is 5.76. The van der Waals surface area contributed by atoms with E-state index in [0.29, 0.717) is 0 Å². The Balaban J connectivity index is 1.93. The van der Waals surface area contributed by atoms with E-state index in [1.165, 1.54) is 44.1 Å². The highest BCUT2D eigenvalue weighted by Crippen LogP contribution is 2.52. The van der Waals surface area contributed by atoms with Crippen LogP contribution in [0.4, 0.5) is 4.39 Å². The minimum Gasteiger partial charge on any atom is -0.436 e. The fraction of sp³-hybridized carbons (Fsp3) is 0.733. The van der Waals surface area contributed by atoms with E-state index in [9.17, 15) is 4.39 Å². The van der Waals surface area contributed by atoms with E-state index in [4.69, 9.17) is 4.74 Å². The molecule has 1 heterocycles. The van der Waals surface area contributed by atoms with Gasteiger partial charge < -0.3 is 4.74 Å². The molecular weight excluding hydrogens is 215 g/mol. The van der Waals surface area contributed by atoms with Crippen molar-refractivity contribution >= 4 is 0 Å². The lowest BCUT2D eigenvalue weighted by Gasteiger charge is -2.33. The number of rotatable bonds is 0. The summed E-state index contributed by atoms with van der Waals surface area (Å²) in [6, 6.07) is -0.347. The monoisotopic (exact) mass is 236 g/mol. The van der Waals surface area contributed by atoms with Gasteiger partial charge in [0.2, 0.25) is 0 Å². The predicted octanol–water partition coefficient (Wildman–Crippen LogP) is 5.00. The van der Waals surface area contributed by atoms with E-state index in [1.807, 2.05) is 0 Å². The van der Waals surface area contributed by atoms with Crippen molar-refractivity contribution in [1.29, 1.82) is 0 Å². The molecule has 2 aliphatic carbocycles. The SMILES string of the molecule is FC1=CC2(CCCCC2)C(=C2CCCCC2)O1. The van der Waals surface area contributed by atoms with Crippen molar-refractivity contribution in [3.8, 4) is 0 Å². The molecule has 3 rings (SSSR count). The minimum atomic E-state index is -0.347. The molecule has 2 fully saturated rings. The molecule has 17 heavy (non-hydrogen) atoms. The molecule has 0 aromatic carbocycles. The Labute approximate surface area is 103 Å². The van der Waals surface area contributed by atoms with E-state index in [1.54, 1.807) is 6.08 Å². The van der Waals surface area contributed by atoms with Gasteiger partial charge in [0.15, 0.2) is 0 Å². The Morgan fingerprint density at radius 3 is 2.29 bits per heavy atom. The molecule has 1 aliphatic heterocycles. The normalized spacial score (nSPS) is 28.2. The summed E-state index contributed by atoms with van der Waals surface area (Å²) >= 11 is 0. The molecule has 0 atom stereocenters. The topological polar surface area (TPSA) is 9.23 Å². The van der Waals surface area contributed by atoms with Crippen LogP contribution in [0.25, 0.3) is 0 Å². The van der Waals surface area contributed by atoms with Gasteiger partial charge in [-0.05, 0) is 44.1 Å². The summed E-state index contributed by atoms with van der Waals surface area (Å²) in [5.74, 6) is 1.01. The van der Waals surface area contributed by atoms with Crippen molar-refractivity contribution in [3.05, 3.63) is 23.4 Å². The number of halogens is 1. The zero-order valence-corrected chi connectivity index (χ0v) is 10.4. The second-order valence-corrected chi connectivity index (χ2v) is 5.76. The average molecular weight is 236 g/mol. The molecular formula is C15H21FO. The van der Waals surface area contributed by atoms with Crippen LogP contribution in [-0.2, 0) is 4.74 Å². The third-order valence-corrected chi connectivity index (χ3v) is 4.57. The maximum absolute atomic E-state index is 13.6. The lowest BCUT2D eigenvalue weighted by atomic mass is 9.71. The quantitative estimate of drug-likeness (QED) is 0.575. The Morgan fingerprint density at radius 1 is 0.941 bits per heavy atom. The standard InChI is InChI=1S/C15H21FO/c16-13-11-15(9-5-2-6-10-15)14(17-13)12-7-3-1-4-8-12/h11H,1-10H2. The fourth-order valence-electron chi connectivity index (χ4n) is 3.70. The molecule has 0 N–H and O–H groups in total. The van der Waals surface area contributed by atoms with Crippen LogP contribution in [-0.4, -0.2) is 0 Å². The van der Waals surface area contributed by atoms with Crippen LogP contribution in [0.1, 0.15) is 64.2 Å². The van der Waals surface area contributed by atoms with E-state index >= 15 is 0 Å². The Bertz CT molecular complexity index is 353. The molecule has 0 unspecified atom stereocenters. The molecule has 0 saturated heterocycles. The van der Waals surface area contributed by atoms with Gasteiger partial charge in [-0.1, -0.05) is 25.7 Å². The maximum atomic E-state index is 13.6. The van der Waals surface area contributed by atoms with Crippen LogP contribution < -0.4 is 0 Å². The summed E-state index contributed by atoms with van der Waals surface area (Å²) in [4.78, 5) is 0. The lowest BCUT2D eigenvalue weighted by molar-refractivity contribution is 0.173. The van der Waals surface area contributed by atoms with E-state index in [2.05, 4.69) is 0 Å². The van der Waals surface area contributed by atoms with Gasteiger partial charge in [-0.2, -0.15) is 4.39 Å². The third kappa shape index (κ3) is 2.02. The largest absolute Gasteiger partial charge is 0.436 e. The molecule has 2 heteroatoms. The van der Waals surface area contributed by atoms with Crippen molar-refractivity contribution in [2.24, 2.45) is 5.41 Å². The Kier molecular flexibility index (Phi) is 2.97. The molecule has 0 radical (unpaired) electrons. The van der Waals surface area contributed by atoms with Crippen LogP contribution in [0.3, 0.4) is 0 Å². The summed E-state index contributed by atoms with van der Waals surface area (Å²) < 4.78 is 19.0. The van der Waals surface area contributed by atoms with Crippen molar-refractivity contribution < 1.29 is 9.13 Å². The van der Waals surface area contributed by atoms with Gasteiger partial charge in [0.05, 0.1) is 5.41 Å². The van der Waals surface area contributed by atoms with Gasteiger partial charge in [0.1, 0.15) is 5.76 Å². The van der Waals surface area contributed by atoms with E-state index < -0.39 is 0 Å². The summed E-state index contributed by atoms with van der Waals surface area (Å²) in [6.45, 7) is 0. The first-order valence-corrected chi connectivity index (χ1v) is 7.09. The highest BCUT2D eigenvalue weighted by Gasteiger charge is 2.43. The molecule has 94 valence electrons. The lowest BCUT2D eigenvalue weighted by Crippen LogP contribution is -2.23. The van der Waals surface area contributed by atoms with Crippen molar-refractivity contribution in [2.45, 2.75) is 64.2 Å². The maximum Gasteiger partial charge on any atom is 0.274 e. The number of hydrogen-bond donors (Lipinski definition) is 0. The number of hydrogen-bond acceptors (Lipinski definition) is 1. The van der Waals surface area contributed by atoms with Gasteiger partial charge in [-0.15, -0.1) is 0 Å². The summed E-state index contributed by atoms with van der Waals surface area (Å²) in [5.41, 5.74) is 1.34. The predicted molar refractivity (Wildman–Crippen MR) is 65.9 cm³/mol. The van der Waals surface area contributed by atoms with Crippen molar-refractivity contribution in [2.75, 3.05) is 0 Å². The first kappa shape index (κ1) is 11.3. The molecule has 2 saturated carbocycles. The van der Waals surface area contributed by atoms with Gasteiger partial charge in [-0.3, -0.25) is 0 Å². The first-order chi connectivity index (χ1) is 8.30. The van der Waals surface area contributed by atoms with Crippen LogP contribution in [0.2, 0.25) is 0 Å². The Morgan fingerprint density at radius 2 is 1.59 bits per heavy atom. The third-order valence-electron chi connectivity index (χ3n) is 4.57. The van der Waals surface area contributed by atoms with Gasteiger partial charge in [0.25, 0.3) is 6.01 Å². The number of allylic oxidation sites excluding steroid dienone is 2. The van der Waals surface area contributed by atoms with Crippen molar-refractivity contribution in [3.63, 3.8) is 0 Å². The average Bonchev–Trinajstić information content (AvgIpc) is 2.68. The molecule has 3 aliphatic rings. The van der Waals surface area contributed by atoms with Crippen LogP contribution >= 0.6 is 0 Å². The summed E-state index contributed by atoms with van der Waals surface area (Å²) in [6.07, 6.45) is 13.7. The molecule has 0 aromatic heterocycles. The smallest absolute Gasteiger partial charge is 0.274 e. The summed E-state index contributed by atoms with van der Waals surface area (Å²) in [7, 11) is 0. The number of ether oxygens (including phenoxy) is 1. The fourth-order valence-corrected chi connectivity index (χ4v) is 3.70. The van der Waals surface area contributed by atoms with Crippen LogP contribution in [0.5, 0.6) is 0 Å². The molecule has 0 amide bonds. The highest BCUT2D eigenvalue weighted by molar-refractivity contribution is 5.30. The zero-order chi connectivity index (χ0) is 11.7. The van der Waals surface area contributed by atoms with Gasteiger partial charge in [0, 0.05) is 6.08 Å². The Hall–Kier alpha value is -0.790. The van der Waals surface area contributed by atoms with Crippen LogP contribution in [0.15, 0.2) is 23.4 Å². The molecule has 1 nitrogen and oxygen atoms in total. The minimum absolute atomic E-state index is 0.0605.